The maximum Gasteiger partial charge on any atom is 0.326 e. The molecule has 0 aliphatic heterocycles. The van der Waals surface area contributed by atoms with Crippen LogP contribution in [0.4, 0.5) is 0 Å². The molecule has 0 saturated carbocycles. The third-order valence-corrected chi connectivity index (χ3v) is 3.66. The van der Waals surface area contributed by atoms with Crippen molar-refractivity contribution in [3.63, 3.8) is 0 Å². The number of aromatic nitrogens is 1. The molecular formula is C16H16ClNO4. The molecule has 0 aliphatic rings. The Morgan fingerprint density at radius 2 is 2.05 bits per heavy atom. The van der Waals surface area contributed by atoms with Gasteiger partial charge >= 0.3 is 5.97 Å². The van der Waals surface area contributed by atoms with Crippen molar-refractivity contribution in [3.05, 3.63) is 63.5 Å². The highest BCUT2D eigenvalue weighted by atomic mass is 35.5. The summed E-state index contributed by atoms with van der Waals surface area (Å²) in [5.74, 6) is -0.949. The zero-order valence-corrected chi connectivity index (χ0v) is 12.8. The second-order valence-electron chi connectivity index (χ2n) is 4.73. The molecule has 5 nitrogen and oxygen atoms in total. The smallest absolute Gasteiger partial charge is 0.326 e. The predicted octanol–water partition coefficient (Wildman–Crippen LogP) is 3.12. The third-order valence-electron chi connectivity index (χ3n) is 3.29. The lowest BCUT2D eigenvalue weighted by molar-refractivity contribution is -0.141. The first-order valence-electron chi connectivity index (χ1n) is 6.84. The van der Waals surface area contributed by atoms with Crippen LogP contribution in [0.3, 0.4) is 0 Å². The average molecular weight is 322 g/mol. The van der Waals surface area contributed by atoms with Crippen molar-refractivity contribution in [2.45, 2.75) is 26.0 Å². The van der Waals surface area contributed by atoms with Gasteiger partial charge in [0.05, 0.1) is 0 Å². The molecule has 2 rings (SSSR count). The van der Waals surface area contributed by atoms with Gasteiger partial charge in [0.15, 0.2) is 5.75 Å². The van der Waals surface area contributed by atoms with E-state index in [1.165, 1.54) is 16.8 Å². The quantitative estimate of drug-likeness (QED) is 0.887. The molecule has 6 heteroatoms. The van der Waals surface area contributed by atoms with Crippen molar-refractivity contribution < 1.29 is 14.6 Å². The molecule has 1 heterocycles. The van der Waals surface area contributed by atoms with Gasteiger partial charge in [-0.3, -0.25) is 9.36 Å². The number of aliphatic carboxylic acids is 1. The van der Waals surface area contributed by atoms with Crippen LogP contribution in [-0.4, -0.2) is 15.6 Å². The standard InChI is InChI=1S/C16H16ClNO4/c1-2-13(16(20)21)18-9-5-8-14(15(18)19)22-10-11-6-3-4-7-12(11)17/h3-9,13H,2,10H2,1H3,(H,20,21). The minimum Gasteiger partial charge on any atom is -0.483 e. The molecular weight excluding hydrogens is 306 g/mol. The summed E-state index contributed by atoms with van der Waals surface area (Å²) in [6.45, 7) is 1.85. The zero-order valence-electron chi connectivity index (χ0n) is 12.0. The molecule has 2 aromatic rings. The topological polar surface area (TPSA) is 68.5 Å². The van der Waals surface area contributed by atoms with E-state index < -0.39 is 17.6 Å². The van der Waals surface area contributed by atoms with E-state index in [9.17, 15) is 9.59 Å². The van der Waals surface area contributed by atoms with Gasteiger partial charge < -0.3 is 9.84 Å². The molecule has 0 radical (unpaired) electrons. The number of hydrogen-bond acceptors (Lipinski definition) is 3. The van der Waals surface area contributed by atoms with Crippen LogP contribution in [0.15, 0.2) is 47.4 Å². The van der Waals surface area contributed by atoms with E-state index in [0.717, 1.165) is 5.56 Å². The fraction of sp³-hybridized carbons (Fsp3) is 0.250. The van der Waals surface area contributed by atoms with Gasteiger partial charge in [-0.15, -0.1) is 0 Å². The molecule has 22 heavy (non-hydrogen) atoms. The lowest BCUT2D eigenvalue weighted by Crippen LogP contribution is -2.29. The maximum absolute atomic E-state index is 12.3. The van der Waals surface area contributed by atoms with E-state index in [2.05, 4.69) is 0 Å². The summed E-state index contributed by atoms with van der Waals surface area (Å²) in [5, 5.41) is 9.72. The van der Waals surface area contributed by atoms with Crippen molar-refractivity contribution in [2.75, 3.05) is 0 Å². The molecule has 116 valence electrons. The largest absolute Gasteiger partial charge is 0.483 e. The molecule has 0 fully saturated rings. The van der Waals surface area contributed by atoms with Gasteiger partial charge in [-0.25, -0.2) is 4.79 Å². The summed E-state index contributed by atoms with van der Waals surface area (Å²) >= 11 is 6.03. The van der Waals surface area contributed by atoms with Crippen LogP contribution in [0.25, 0.3) is 0 Å². The lowest BCUT2D eigenvalue weighted by Gasteiger charge is -2.15. The Labute approximate surface area is 132 Å². The summed E-state index contributed by atoms with van der Waals surface area (Å²) in [4.78, 5) is 23.5. The number of ether oxygens (including phenoxy) is 1. The SMILES string of the molecule is CCC(C(=O)O)n1cccc(OCc2ccccc2Cl)c1=O. The maximum atomic E-state index is 12.3. The molecule has 0 bridgehead atoms. The van der Waals surface area contributed by atoms with Gasteiger partial charge in [0.2, 0.25) is 0 Å². The normalized spacial score (nSPS) is 11.9. The van der Waals surface area contributed by atoms with E-state index >= 15 is 0 Å². The number of halogens is 1. The first-order chi connectivity index (χ1) is 10.5. The number of hydrogen-bond donors (Lipinski definition) is 1. The highest BCUT2D eigenvalue weighted by Gasteiger charge is 2.19. The molecule has 1 atom stereocenters. The number of rotatable bonds is 6. The Kier molecular flexibility index (Phi) is 5.22. The van der Waals surface area contributed by atoms with E-state index in [1.807, 2.05) is 6.07 Å². The van der Waals surface area contributed by atoms with Gasteiger partial charge in [-0.05, 0) is 24.6 Å². The van der Waals surface area contributed by atoms with Crippen LogP contribution < -0.4 is 10.3 Å². The zero-order chi connectivity index (χ0) is 16.1. The van der Waals surface area contributed by atoms with Gasteiger partial charge in [0.25, 0.3) is 5.56 Å². The second-order valence-corrected chi connectivity index (χ2v) is 5.13. The fourth-order valence-electron chi connectivity index (χ4n) is 2.11. The van der Waals surface area contributed by atoms with E-state index in [4.69, 9.17) is 21.4 Å². The summed E-state index contributed by atoms with van der Waals surface area (Å²) < 4.78 is 6.68. The number of carbonyl (C=O) groups is 1. The van der Waals surface area contributed by atoms with Crippen LogP contribution in [0, 0.1) is 0 Å². The van der Waals surface area contributed by atoms with Crippen LogP contribution in [0.5, 0.6) is 5.75 Å². The fourth-order valence-corrected chi connectivity index (χ4v) is 2.30. The summed E-state index contributed by atoms with van der Waals surface area (Å²) in [6, 6.07) is 9.37. The van der Waals surface area contributed by atoms with E-state index in [1.54, 1.807) is 31.2 Å². The molecule has 1 unspecified atom stereocenters. The lowest BCUT2D eigenvalue weighted by atomic mass is 10.2. The molecule has 1 aromatic carbocycles. The Balaban J connectivity index is 2.24. The first-order valence-corrected chi connectivity index (χ1v) is 7.22. The second kappa shape index (κ2) is 7.13. The van der Waals surface area contributed by atoms with Crippen molar-refractivity contribution in [1.29, 1.82) is 0 Å². The van der Waals surface area contributed by atoms with Crippen LogP contribution in [0.1, 0.15) is 24.9 Å². The molecule has 0 saturated heterocycles. The predicted molar refractivity (Wildman–Crippen MR) is 83.4 cm³/mol. The highest BCUT2D eigenvalue weighted by molar-refractivity contribution is 6.31. The van der Waals surface area contributed by atoms with E-state index in [-0.39, 0.29) is 12.4 Å². The Morgan fingerprint density at radius 1 is 1.32 bits per heavy atom. The van der Waals surface area contributed by atoms with Crippen molar-refractivity contribution in [1.82, 2.24) is 4.57 Å². The van der Waals surface area contributed by atoms with Crippen LogP contribution in [0.2, 0.25) is 5.02 Å². The molecule has 0 aliphatic carbocycles. The van der Waals surface area contributed by atoms with Crippen LogP contribution in [-0.2, 0) is 11.4 Å². The van der Waals surface area contributed by atoms with E-state index in [0.29, 0.717) is 11.4 Å². The number of nitrogens with zero attached hydrogens (tertiary/aromatic N) is 1. The average Bonchev–Trinajstić information content (AvgIpc) is 2.49. The van der Waals surface area contributed by atoms with Gasteiger partial charge in [0, 0.05) is 16.8 Å². The Bertz CT molecular complexity index is 726. The van der Waals surface area contributed by atoms with Gasteiger partial charge in [-0.2, -0.15) is 0 Å². The minimum absolute atomic E-state index is 0.0992. The number of benzene rings is 1. The molecule has 1 aromatic heterocycles. The van der Waals surface area contributed by atoms with Crippen LogP contribution >= 0.6 is 11.6 Å². The van der Waals surface area contributed by atoms with Crippen molar-refractivity contribution >= 4 is 17.6 Å². The third kappa shape index (κ3) is 3.49. The number of pyridine rings is 1. The monoisotopic (exact) mass is 321 g/mol. The number of carboxylic acid groups (broad SMARTS) is 1. The van der Waals surface area contributed by atoms with Crippen molar-refractivity contribution in [2.24, 2.45) is 0 Å². The summed E-state index contributed by atoms with van der Waals surface area (Å²) in [6.07, 6.45) is 1.76. The van der Waals surface area contributed by atoms with Gasteiger partial charge in [0.1, 0.15) is 12.6 Å². The highest BCUT2D eigenvalue weighted by Crippen LogP contribution is 2.17. The van der Waals surface area contributed by atoms with Gasteiger partial charge in [-0.1, -0.05) is 36.7 Å². The number of carboxylic acids is 1. The first kappa shape index (κ1) is 16.1. The molecule has 0 spiro atoms. The Morgan fingerprint density at radius 3 is 2.68 bits per heavy atom. The summed E-state index contributed by atoms with van der Waals surface area (Å²) in [5.41, 5.74) is 0.285. The minimum atomic E-state index is -1.05. The summed E-state index contributed by atoms with van der Waals surface area (Å²) in [7, 11) is 0. The molecule has 1 N–H and O–H groups in total. The van der Waals surface area contributed by atoms with Crippen molar-refractivity contribution in [3.8, 4) is 5.75 Å². The molecule has 0 amide bonds. The Hall–Kier alpha value is -2.27.